The topological polar surface area (TPSA) is 81.7 Å². The maximum absolute atomic E-state index is 5.45. The van der Waals surface area contributed by atoms with Crippen LogP contribution in [0.5, 0.6) is 0 Å². The molecule has 0 fully saturated rings. The van der Waals surface area contributed by atoms with Gasteiger partial charge in [0.2, 0.25) is 0 Å². The lowest BCUT2D eigenvalue weighted by Gasteiger charge is -2.18. The molecule has 0 radical (unpaired) electrons. The van der Waals surface area contributed by atoms with Crippen LogP contribution in [-0.4, -0.2) is 19.7 Å². The number of hydrazine groups is 1. The largest absolute Gasteiger partial charge is 0.308 e. The molecule has 3 N–H and O–H groups in total. The average molecular weight is 246 g/mol. The summed E-state index contributed by atoms with van der Waals surface area (Å²) in [4.78, 5) is 8.96. The molecular weight excluding hydrogens is 228 g/mol. The molecule has 0 aliphatic carbocycles. The quantitative estimate of drug-likeness (QED) is 0.619. The van der Waals surface area contributed by atoms with Gasteiger partial charge in [-0.25, -0.2) is 15.8 Å². The molecule has 18 heavy (non-hydrogen) atoms. The smallest absolute Gasteiger partial charge is 0.144 e. The number of nitrogens with two attached hydrogens (primary N) is 1. The highest BCUT2D eigenvalue weighted by atomic mass is 15.3. The Morgan fingerprint density at radius 1 is 1.28 bits per heavy atom. The second kappa shape index (κ2) is 4.38. The number of rotatable bonds is 2. The Morgan fingerprint density at radius 2 is 2.00 bits per heavy atom. The number of hydrogen-bond acceptors (Lipinski definition) is 5. The van der Waals surface area contributed by atoms with Crippen LogP contribution < -0.4 is 11.3 Å². The molecule has 0 unspecified atom stereocenters. The van der Waals surface area contributed by atoms with E-state index in [1.165, 1.54) is 0 Å². The molecule has 2 aromatic heterocycles. The third-order valence-corrected chi connectivity index (χ3v) is 2.55. The maximum Gasteiger partial charge on any atom is 0.144 e. The van der Waals surface area contributed by atoms with E-state index in [1.54, 1.807) is 10.9 Å². The first-order valence-corrected chi connectivity index (χ1v) is 5.75. The van der Waals surface area contributed by atoms with E-state index in [-0.39, 0.29) is 5.41 Å². The number of nitrogens with zero attached hydrogens (tertiary/aromatic N) is 4. The fraction of sp³-hybridized carbons (Fsp3) is 0.417. The average Bonchev–Trinajstić information content (AvgIpc) is 2.74. The molecule has 0 aliphatic heterocycles. The lowest BCUT2D eigenvalue weighted by Crippen LogP contribution is -2.19. The number of anilines is 1. The normalized spacial score (nSPS) is 11.6. The van der Waals surface area contributed by atoms with E-state index < -0.39 is 0 Å². The molecule has 0 atom stereocenters. The summed E-state index contributed by atoms with van der Waals surface area (Å²) in [5.74, 6) is 6.81. The second-order valence-corrected chi connectivity index (χ2v) is 5.26. The molecule has 96 valence electrons. The van der Waals surface area contributed by atoms with Gasteiger partial charge in [-0.05, 0) is 0 Å². The van der Waals surface area contributed by atoms with Crippen molar-refractivity contribution >= 4 is 5.82 Å². The van der Waals surface area contributed by atoms with Gasteiger partial charge in [0.15, 0.2) is 0 Å². The van der Waals surface area contributed by atoms with Crippen molar-refractivity contribution < 1.29 is 0 Å². The van der Waals surface area contributed by atoms with Gasteiger partial charge < -0.3 is 5.43 Å². The van der Waals surface area contributed by atoms with Gasteiger partial charge in [-0.1, -0.05) is 20.8 Å². The number of hydrogen-bond donors (Lipinski definition) is 2. The minimum Gasteiger partial charge on any atom is -0.308 e. The van der Waals surface area contributed by atoms with Gasteiger partial charge in [0.05, 0.1) is 11.9 Å². The van der Waals surface area contributed by atoms with Crippen molar-refractivity contribution in [1.29, 1.82) is 0 Å². The Morgan fingerprint density at radius 3 is 2.50 bits per heavy atom. The van der Waals surface area contributed by atoms with Gasteiger partial charge in [0, 0.05) is 30.3 Å². The van der Waals surface area contributed by atoms with Gasteiger partial charge in [0.1, 0.15) is 11.6 Å². The summed E-state index contributed by atoms with van der Waals surface area (Å²) in [5, 5.41) is 4.14. The second-order valence-electron chi connectivity index (χ2n) is 5.26. The fourth-order valence-corrected chi connectivity index (χ4v) is 1.56. The van der Waals surface area contributed by atoms with Crippen molar-refractivity contribution in [2.75, 3.05) is 5.43 Å². The Labute approximate surface area is 106 Å². The Bertz CT molecular complexity index is 552. The summed E-state index contributed by atoms with van der Waals surface area (Å²) in [6, 6.07) is 1.81. The molecule has 0 bridgehead atoms. The monoisotopic (exact) mass is 246 g/mol. The van der Waals surface area contributed by atoms with Crippen LogP contribution >= 0.6 is 0 Å². The summed E-state index contributed by atoms with van der Waals surface area (Å²) in [6.45, 7) is 6.20. The molecule has 0 aliphatic rings. The highest BCUT2D eigenvalue weighted by molar-refractivity contribution is 5.61. The van der Waals surface area contributed by atoms with E-state index in [0.29, 0.717) is 5.82 Å². The molecule has 0 aromatic carbocycles. The summed E-state index contributed by atoms with van der Waals surface area (Å²) in [7, 11) is 1.87. The van der Waals surface area contributed by atoms with Crippen LogP contribution in [0.3, 0.4) is 0 Å². The molecule has 6 nitrogen and oxygen atoms in total. The number of aryl methyl sites for hydroxylation is 1. The molecule has 2 rings (SSSR count). The van der Waals surface area contributed by atoms with Crippen molar-refractivity contribution in [2.24, 2.45) is 12.9 Å². The van der Waals surface area contributed by atoms with Crippen LogP contribution in [0.25, 0.3) is 11.3 Å². The zero-order valence-electron chi connectivity index (χ0n) is 11.1. The number of aromatic nitrogens is 4. The van der Waals surface area contributed by atoms with Gasteiger partial charge in [0.25, 0.3) is 0 Å². The third-order valence-electron chi connectivity index (χ3n) is 2.55. The zero-order chi connectivity index (χ0) is 13.3. The van der Waals surface area contributed by atoms with E-state index in [0.717, 1.165) is 17.1 Å². The molecule has 6 heteroatoms. The minimum absolute atomic E-state index is 0.135. The van der Waals surface area contributed by atoms with E-state index in [9.17, 15) is 0 Å². The number of nitrogens with one attached hydrogen (secondary N) is 1. The van der Waals surface area contributed by atoms with Gasteiger partial charge in [-0.2, -0.15) is 5.10 Å². The van der Waals surface area contributed by atoms with Gasteiger partial charge >= 0.3 is 0 Å². The van der Waals surface area contributed by atoms with Crippen LogP contribution in [0.4, 0.5) is 5.82 Å². The Balaban J connectivity index is 2.54. The van der Waals surface area contributed by atoms with Crippen molar-refractivity contribution in [3.05, 3.63) is 24.3 Å². The summed E-state index contributed by atoms with van der Waals surface area (Å²) < 4.78 is 1.74. The van der Waals surface area contributed by atoms with Crippen molar-refractivity contribution in [1.82, 2.24) is 19.7 Å². The minimum atomic E-state index is -0.135. The van der Waals surface area contributed by atoms with Crippen molar-refractivity contribution in [3.8, 4) is 11.3 Å². The molecule has 2 aromatic rings. The van der Waals surface area contributed by atoms with Crippen molar-refractivity contribution in [2.45, 2.75) is 26.2 Å². The van der Waals surface area contributed by atoms with Crippen molar-refractivity contribution in [3.63, 3.8) is 0 Å². The van der Waals surface area contributed by atoms with Crippen LogP contribution in [0, 0.1) is 0 Å². The molecule has 0 saturated heterocycles. The highest BCUT2D eigenvalue weighted by Crippen LogP contribution is 2.24. The van der Waals surface area contributed by atoms with Gasteiger partial charge in [-0.15, -0.1) is 0 Å². The predicted molar refractivity (Wildman–Crippen MR) is 70.7 cm³/mol. The van der Waals surface area contributed by atoms with E-state index in [1.807, 2.05) is 19.3 Å². The highest BCUT2D eigenvalue weighted by Gasteiger charge is 2.19. The Hall–Kier alpha value is -1.95. The first-order valence-electron chi connectivity index (χ1n) is 5.75. The lowest BCUT2D eigenvalue weighted by molar-refractivity contribution is 0.546. The summed E-state index contributed by atoms with van der Waals surface area (Å²) >= 11 is 0. The number of nitrogen functional groups attached to an aromatic ring is 1. The van der Waals surface area contributed by atoms with Gasteiger partial charge in [-0.3, -0.25) is 4.68 Å². The van der Waals surface area contributed by atoms with E-state index >= 15 is 0 Å². The molecule has 0 amide bonds. The molecule has 0 spiro atoms. The predicted octanol–water partition coefficient (Wildman–Crippen LogP) is 1.46. The first kappa shape index (κ1) is 12.5. The molecule has 0 saturated carbocycles. The Kier molecular flexibility index (Phi) is 3.04. The standard InChI is InChI=1S/C12H18N6/c1-12(2,3)11-15-9(5-10(16-11)17-13)8-6-14-18(4)7-8/h5-7H,13H2,1-4H3,(H,15,16,17). The fourth-order valence-electron chi connectivity index (χ4n) is 1.56. The maximum atomic E-state index is 5.45. The first-order chi connectivity index (χ1) is 8.40. The van der Waals surface area contributed by atoms with E-state index in [4.69, 9.17) is 5.84 Å². The molecule has 2 heterocycles. The van der Waals surface area contributed by atoms with Crippen LogP contribution in [0.2, 0.25) is 0 Å². The lowest BCUT2D eigenvalue weighted by atomic mass is 9.95. The van der Waals surface area contributed by atoms with E-state index in [2.05, 4.69) is 41.3 Å². The van der Waals surface area contributed by atoms with Crippen LogP contribution in [-0.2, 0) is 12.5 Å². The molecular formula is C12H18N6. The van der Waals surface area contributed by atoms with Crippen LogP contribution in [0.1, 0.15) is 26.6 Å². The zero-order valence-corrected chi connectivity index (χ0v) is 11.1. The van der Waals surface area contributed by atoms with Crippen LogP contribution in [0.15, 0.2) is 18.5 Å². The summed E-state index contributed by atoms with van der Waals surface area (Å²) in [5.41, 5.74) is 4.20. The SMILES string of the molecule is Cn1cc(-c2cc(NN)nc(C(C)(C)C)n2)cn1. The summed E-state index contributed by atoms with van der Waals surface area (Å²) in [6.07, 6.45) is 3.68. The third kappa shape index (κ3) is 2.48.